The highest BCUT2D eigenvalue weighted by atomic mass is 32.2. The minimum absolute atomic E-state index is 0.218. The molecule has 6 nitrogen and oxygen atoms in total. The Bertz CT molecular complexity index is 574. The van der Waals surface area contributed by atoms with Crippen molar-refractivity contribution in [2.45, 2.75) is 24.4 Å². The molecule has 1 aliphatic rings. The maximum absolute atomic E-state index is 12.6. The third-order valence-electron chi connectivity index (χ3n) is 3.52. The number of aliphatic hydroxyl groups is 1. The summed E-state index contributed by atoms with van der Waals surface area (Å²) in [6, 6.07) is 4.40. The monoisotopic (exact) mass is 300 g/mol. The van der Waals surface area contributed by atoms with Gasteiger partial charge in [-0.05, 0) is 30.2 Å². The number of hydrogen-bond acceptors (Lipinski definition) is 5. The van der Waals surface area contributed by atoms with Crippen LogP contribution in [0.5, 0.6) is 0 Å². The van der Waals surface area contributed by atoms with E-state index in [4.69, 9.17) is 10.5 Å². The Labute approximate surface area is 119 Å². The first-order valence-corrected chi connectivity index (χ1v) is 7.94. The molecule has 1 fully saturated rings. The molecule has 1 unspecified atom stereocenters. The van der Waals surface area contributed by atoms with Crippen molar-refractivity contribution < 1.29 is 18.3 Å². The second-order valence-corrected chi connectivity index (χ2v) is 6.71. The van der Waals surface area contributed by atoms with Gasteiger partial charge in [-0.15, -0.1) is 0 Å². The van der Waals surface area contributed by atoms with Crippen LogP contribution in [0.1, 0.15) is 11.1 Å². The predicted molar refractivity (Wildman–Crippen MR) is 74.7 cm³/mol. The van der Waals surface area contributed by atoms with Gasteiger partial charge in [-0.2, -0.15) is 4.31 Å². The number of sulfonamides is 1. The Morgan fingerprint density at radius 1 is 1.50 bits per heavy atom. The lowest BCUT2D eigenvalue weighted by atomic mass is 10.1. The molecule has 1 aromatic carbocycles. The SMILES string of the molecule is Cc1cc(S(=O)(=O)N2CCOCC2CO)ccc1CN. The Morgan fingerprint density at radius 3 is 2.85 bits per heavy atom. The van der Waals surface area contributed by atoms with Crippen LogP contribution < -0.4 is 5.73 Å². The smallest absolute Gasteiger partial charge is 0.243 e. The molecule has 112 valence electrons. The van der Waals surface area contributed by atoms with E-state index in [1.54, 1.807) is 18.2 Å². The van der Waals surface area contributed by atoms with Crippen LogP contribution in [-0.4, -0.2) is 50.2 Å². The molecule has 1 aromatic rings. The Hall–Kier alpha value is -0.990. The van der Waals surface area contributed by atoms with Crippen molar-refractivity contribution in [2.24, 2.45) is 5.73 Å². The highest BCUT2D eigenvalue weighted by Gasteiger charge is 2.33. The molecular weight excluding hydrogens is 280 g/mol. The van der Waals surface area contributed by atoms with Crippen molar-refractivity contribution in [3.63, 3.8) is 0 Å². The second kappa shape index (κ2) is 6.19. The molecule has 0 saturated carbocycles. The number of benzene rings is 1. The summed E-state index contributed by atoms with van der Waals surface area (Å²) >= 11 is 0. The van der Waals surface area contributed by atoms with Crippen molar-refractivity contribution in [3.05, 3.63) is 29.3 Å². The Morgan fingerprint density at radius 2 is 2.25 bits per heavy atom. The molecule has 0 spiro atoms. The average Bonchev–Trinajstić information content (AvgIpc) is 2.47. The number of hydrogen-bond donors (Lipinski definition) is 2. The molecule has 1 aliphatic heterocycles. The first-order chi connectivity index (χ1) is 9.50. The molecule has 1 heterocycles. The van der Waals surface area contributed by atoms with E-state index in [1.165, 1.54) is 4.31 Å². The van der Waals surface area contributed by atoms with E-state index in [2.05, 4.69) is 0 Å². The van der Waals surface area contributed by atoms with Gasteiger partial charge < -0.3 is 15.6 Å². The zero-order valence-electron chi connectivity index (χ0n) is 11.4. The molecule has 0 amide bonds. The number of nitrogens with zero attached hydrogens (tertiary/aromatic N) is 1. The summed E-state index contributed by atoms with van der Waals surface area (Å²) in [5.41, 5.74) is 7.36. The zero-order chi connectivity index (χ0) is 14.8. The van der Waals surface area contributed by atoms with Crippen LogP contribution in [0.15, 0.2) is 23.1 Å². The lowest BCUT2D eigenvalue weighted by Crippen LogP contribution is -2.50. The van der Waals surface area contributed by atoms with E-state index < -0.39 is 16.1 Å². The highest BCUT2D eigenvalue weighted by molar-refractivity contribution is 7.89. The van der Waals surface area contributed by atoms with Gasteiger partial charge in [0.15, 0.2) is 0 Å². The van der Waals surface area contributed by atoms with Crippen molar-refractivity contribution in [2.75, 3.05) is 26.4 Å². The first-order valence-electron chi connectivity index (χ1n) is 6.50. The third kappa shape index (κ3) is 2.87. The quantitative estimate of drug-likeness (QED) is 0.806. The number of rotatable bonds is 4. The predicted octanol–water partition coefficient (Wildman–Crippen LogP) is -0.164. The lowest BCUT2D eigenvalue weighted by molar-refractivity contribution is 0.0109. The van der Waals surface area contributed by atoms with Crippen LogP contribution >= 0.6 is 0 Å². The topological polar surface area (TPSA) is 92.9 Å². The second-order valence-electron chi connectivity index (χ2n) is 4.82. The zero-order valence-corrected chi connectivity index (χ0v) is 12.3. The molecule has 7 heteroatoms. The van der Waals surface area contributed by atoms with Crippen LogP contribution in [0, 0.1) is 6.92 Å². The van der Waals surface area contributed by atoms with Crippen LogP contribution in [0.3, 0.4) is 0 Å². The lowest BCUT2D eigenvalue weighted by Gasteiger charge is -2.33. The fourth-order valence-electron chi connectivity index (χ4n) is 2.29. The molecule has 2 rings (SSSR count). The third-order valence-corrected chi connectivity index (χ3v) is 5.47. The summed E-state index contributed by atoms with van der Waals surface area (Å²) in [4.78, 5) is 0.229. The van der Waals surface area contributed by atoms with Gasteiger partial charge in [-0.25, -0.2) is 8.42 Å². The van der Waals surface area contributed by atoms with E-state index in [-0.39, 0.29) is 24.7 Å². The van der Waals surface area contributed by atoms with Gasteiger partial charge in [-0.1, -0.05) is 6.07 Å². The molecule has 1 atom stereocenters. The Kier molecular flexibility index (Phi) is 4.77. The largest absolute Gasteiger partial charge is 0.395 e. The van der Waals surface area contributed by atoms with Crippen molar-refractivity contribution >= 4 is 10.0 Å². The van der Waals surface area contributed by atoms with Gasteiger partial charge in [0.2, 0.25) is 10.0 Å². The molecule has 0 aromatic heterocycles. The van der Waals surface area contributed by atoms with Gasteiger partial charge in [-0.3, -0.25) is 0 Å². The summed E-state index contributed by atoms with van der Waals surface area (Å²) in [5, 5.41) is 9.31. The molecule has 0 radical (unpaired) electrons. The van der Waals surface area contributed by atoms with Gasteiger partial charge >= 0.3 is 0 Å². The van der Waals surface area contributed by atoms with E-state index in [0.717, 1.165) is 11.1 Å². The van der Waals surface area contributed by atoms with Gasteiger partial charge in [0.1, 0.15) is 0 Å². The number of ether oxygens (including phenoxy) is 1. The van der Waals surface area contributed by atoms with Crippen molar-refractivity contribution in [3.8, 4) is 0 Å². The van der Waals surface area contributed by atoms with E-state index >= 15 is 0 Å². The first kappa shape index (κ1) is 15.4. The maximum Gasteiger partial charge on any atom is 0.243 e. The molecule has 20 heavy (non-hydrogen) atoms. The minimum atomic E-state index is -3.62. The van der Waals surface area contributed by atoms with Crippen LogP contribution in [-0.2, 0) is 21.3 Å². The molecule has 0 aliphatic carbocycles. The highest BCUT2D eigenvalue weighted by Crippen LogP contribution is 2.22. The fraction of sp³-hybridized carbons (Fsp3) is 0.538. The van der Waals surface area contributed by atoms with E-state index in [1.807, 2.05) is 6.92 Å². The van der Waals surface area contributed by atoms with E-state index in [9.17, 15) is 13.5 Å². The number of morpholine rings is 1. The van der Waals surface area contributed by atoms with Crippen LogP contribution in [0.2, 0.25) is 0 Å². The van der Waals surface area contributed by atoms with Crippen LogP contribution in [0.4, 0.5) is 0 Å². The summed E-state index contributed by atoms with van der Waals surface area (Å²) in [7, 11) is -3.62. The normalized spacial score (nSPS) is 21.1. The fourth-order valence-corrected chi connectivity index (χ4v) is 3.96. The van der Waals surface area contributed by atoms with Gasteiger partial charge in [0.05, 0.1) is 30.8 Å². The van der Waals surface area contributed by atoms with Crippen molar-refractivity contribution in [1.29, 1.82) is 0 Å². The summed E-state index contributed by atoms with van der Waals surface area (Å²) < 4.78 is 31.8. The number of aliphatic hydroxyl groups excluding tert-OH is 1. The summed E-state index contributed by atoms with van der Waals surface area (Å²) in [6.45, 7) is 2.78. The summed E-state index contributed by atoms with van der Waals surface area (Å²) in [5.74, 6) is 0. The van der Waals surface area contributed by atoms with Crippen LogP contribution in [0.25, 0.3) is 0 Å². The average molecular weight is 300 g/mol. The van der Waals surface area contributed by atoms with Gasteiger partial charge in [0, 0.05) is 13.1 Å². The minimum Gasteiger partial charge on any atom is -0.395 e. The van der Waals surface area contributed by atoms with E-state index in [0.29, 0.717) is 13.2 Å². The number of nitrogens with two attached hydrogens (primary N) is 1. The Balaban J connectivity index is 2.36. The standard InChI is InChI=1S/C13H20N2O4S/c1-10-6-13(3-2-11(10)7-14)20(17,18)15-4-5-19-9-12(15)8-16/h2-3,6,12,16H,4-5,7-9,14H2,1H3. The molecular formula is C13H20N2O4S. The molecule has 0 bridgehead atoms. The summed E-state index contributed by atoms with van der Waals surface area (Å²) in [6.07, 6.45) is 0. The van der Waals surface area contributed by atoms with Crippen molar-refractivity contribution in [1.82, 2.24) is 4.31 Å². The molecule has 1 saturated heterocycles. The molecule has 3 N–H and O–H groups in total. The number of aryl methyl sites for hydroxylation is 1. The maximum atomic E-state index is 12.6. The van der Waals surface area contributed by atoms with Gasteiger partial charge in [0.25, 0.3) is 0 Å².